The first-order valence-corrected chi connectivity index (χ1v) is 15.4. The maximum atomic E-state index is 14.1. The lowest BCUT2D eigenvalue weighted by atomic mass is 10.1. The van der Waals surface area contributed by atoms with Crippen LogP contribution in [0.3, 0.4) is 0 Å². The highest BCUT2D eigenvalue weighted by molar-refractivity contribution is 7.92. The highest BCUT2D eigenvalue weighted by Crippen LogP contribution is 2.27. The Kier molecular flexibility index (Phi) is 11.2. The minimum absolute atomic E-state index is 0.0409. The van der Waals surface area contributed by atoms with Gasteiger partial charge in [-0.15, -0.1) is 0 Å². The van der Waals surface area contributed by atoms with Crippen LogP contribution in [0.5, 0.6) is 5.75 Å². The molecule has 0 bridgehead atoms. The standard InChI is InChI=1S/C31H38ClN3O5S/c1-6-23(4)33-31(37)29(7-2)34(20-24-13-15-27(40-5)16-14-24)30(36)21-35(26-10-8-9-25(32)19-26)41(38,39)28-17-11-22(3)12-18-28/h8-19,23,29H,6-7,20-21H2,1-5H3,(H,33,37). The molecule has 2 atom stereocenters. The van der Waals surface area contributed by atoms with Crippen LogP contribution < -0.4 is 14.4 Å². The Balaban J connectivity index is 2.05. The number of anilines is 1. The van der Waals surface area contributed by atoms with E-state index in [4.69, 9.17) is 16.3 Å². The molecular formula is C31H38ClN3O5S. The molecule has 0 radical (unpaired) electrons. The van der Waals surface area contributed by atoms with Crippen LogP contribution in [0, 0.1) is 6.92 Å². The second kappa shape index (κ2) is 14.4. The minimum Gasteiger partial charge on any atom is -0.497 e. The van der Waals surface area contributed by atoms with Gasteiger partial charge >= 0.3 is 0 Å². The van der Waals surface area contributed by atoms with Crippen molar-refractivity contribution in [3.63, 3.8) is 0 Å². The molecule has 3 aromatic rings. The van der Waals surface area contributed by atoms with Gasteiger partial charge in [-0.2, -0.15) is 0 Å². The molecule has 1 N–H and O–H groups in total. The minimum atomic E-state index is -4.16. The number of carbonyl (C=O) groups excluding carboxylic acids is 2. The van der Waals surface area contributed by atoms with Gasteiger partial charge in [-0.25, -0.2) is 8.42 Å². The van der Waals surface area contributed by atoms with Crippen molar-refractivity contribution in [2.75, 3.05) is 18.0 Å². The van der Waals surface area contributed by atoms with Crippen LogP contribution in [-0.4, -0.2) is 50.9 Å². The predicted octanol–water partition coefficient (Wildman–Crippen LogP) is 5.57. The Labute approximate surface area is 248 Å². The van der Waals surface area contributed by atoms with Crippen molar-refractivity contribution >= 4 is 39.1 Å². The van der Waals surface area contributed by atoms with Crippen molar-refractivity contribution < 1.29 is 22.7 Å². The van der Waals surface area contributed by atoms with Gasteiger partial charge in [0.1, 0.15) is 18.3 Å². The molecule has 0 fully saturated rings. The summed E-state index contributed by atoms with van der Waals surface area (Å²) in [5, 5.41) is 3.30. The number of aryl methyl sites for hydroxylation is 1. The lowest BCUT2D eigenvalue weighted by Crippen LogP contribution is -2.53. The number of nitrogens with zero attached hydrogens (tertiary/aromatic N) is 2. The average Bonchev–Trinajstić information content (AvgIpc) is 2.96. The third kappa shape index (κ3) is 8.24. The van der Waals surface area contributed by atoms with Crippen molar-refractivity contribution in [2.24, 2.45) is 0 Å². The SMILES string of the molecule is CCC(C)NC(=O)C(CC)N(Cc1ccc(OC)cc1)C(=O)CN(c1cccc(Cl)c1)S(=O)(=O)c1ccc(C)cc1. The van der Waals surface area contributed by atoms with E-state index in [1.807, 2.05) is 39.8 Å². The molecule has 0 aliphatic carbocycles. The molecule has 0 aliphatic heterocycles. The number of carbonyl (C=O) groups is 2. The number of methoxy groups -OCH3 is 1. The van der Waals surface area contributed by atoms with E-state index in [1.165, 1.54) is 23.1 Å². The molecule has 8 nitrogen and oxygen atoms in total. The van der Waals surface area contributed by atoms with Gasteiger partial charge in [-0.05, 0) is 74.7 Å². The van der Waals surface area contributed by atoms with Gasteiger partial charge in [-0.3, -0.25) is 13.9 Å². The Bertz CT molecular complexity index is 1430. The fourth-order valence-corrected chi connectivity index (χ4v) is 5.88. The fourth-order valence-electron chi connectivity index (χ4n) is 4.29. The number of sulfonamides is 1. The summed E-state index contributed by atoms with van der Waals surface area (Å²) >= 11 is 6.23. The second-order valence-corrected chi connectivity index (χ2v) is 12.2. The van der Waals surface area contributed by atoms with Gasteiger partial charge in [0.2, 0.25) is 11.8 Å². The summed E-state index contributed by atoms with van der Waals surface area (Å²) in [5.41, 5.74) is 1.91. The van der Waals surface area contributed by atoms with E-state index >= 15 is 0 Å². The number of hydrogen-bond acceptors (Lipinski definition) is 5. The molecule has 0 saturated heterocycles. The van der Waals surface area contributed by atoms with Crippen molar-refractivity contribution in [3.05, 3.63) is 88.9 Å². The van der Waals surface area contributed by atoms with Gasteiger partial charge in [0.25, 0.3) is 10.0 Å². The molecule has 2 amide bonds. The van der Waals surface area contributed by atoms with Crippen molar-refractivity contribution in [1.82, 2.24) is 10.2 Å². The number of benzene rings is 3. The molecule has 0 heterocycles. The van der Waals surface area contributed by atoms with Crippen molar-refractivity contribution in [1.29, 1.82) is 0 Å². The zero-order valence-electron chi connectivity index (χ0n) is 24.1. The molecule has 220 valence electrons. The highest BCUT2D eigenvalue weighted by atomic mass is 35.5. The largest absolute Gasteiger partial charge is 0.497 e. The zero-order valence-corrected chi connectivity index (χ0v) is 25.7. The van der Waals surface area contributed by atoms with E-state index < -0.39 is 28.5 Å². The number of ether oxygens (including phenoxy) is 1. The number of halogens is 1. The quantitative estimate of drug-likeness (QED) is 0.277. The molecule has 3 aromatic carbocycles. The first kappa shape index (κ1) is 32.0. The molecule has 0 saturated carbocycles. The van der Waals surface area contributed by atoms with Crippen LogP contribution in [0.4, 0.5) is 5.69 Å². The third-order valence-electron chi connectivity index (χ3n) is 6.88. The van der Waals surface area contributed by atoms with E-state index in [-0.39, 0.29) is 29.1 Å². The van der Waals surface area contributed by atoms with Crippen molar-refractivity contribution in [3.8, 4) is 5.75 Å². The molecule has 2 unspecified atom stereocenters. The second-order valence-electron chi connectivity index (χ2n) is 9.92. The zero-order chi connectivity index (χ0) is 30.2. The van der Waals surface area contributed by atoms with Gasteiger partial charge in [0, 0.05) is 17.6 Å². The van der Waals surface area contributed by atoms with Crippen LogP contribution in [-0.2, 0) is 26.2 Å². The summed E-state index contributed by atoms with van der Waals surface area (Å²) in [6.07, 6.45) is 1.07. The molecule has 0 aromatic heterocycles. The van der Waals surface area contributed by atoms with Crippen LogP contribution in [0.2, 0.25) is 5.02 Å². The van der Waals surface area contributed by atoms with E-state index in [2.05, 4.69) is 5.32 Å². The van der Waals surface area contributed by atoms with E-state index in [9.17, 15) is 18.0 Å². The van der Waals surface area contributed by atoms with Gasteiger partial charge in [-0.1, -0.05) is 61.3 Å². The molecule has 3 rings (SSSR count). The summed E-state index contributed by atoms with van der Waals surface area (Å²) in [7, 11) is -2.60. The summed E-state index contributed by atoms with van der Waals surface area (Å²) in [6.45, 7) is 7.12. The number of amides is 2. The maximum Gasteiger partial charge on any atom is 0.264 e. The first-order chi connectivity index (χ1) is 19.5. The van der Waals surface area contributed by atoms with Gasteiger partial charge in [0.15, 0.2) is 0 Å². The monoisotopic (exact) mass is 599 g/mol. The van der Waals surface area contributed by atoms with Crippen molar-refractivity contribution in [2.45, 2.75) is 64.1 Å². The van der Waals surface area contributed by atoms with E-state index in [0.29, 0.717) is 17.2 Å². The number of nitrogens with one attached hydrogen (secondary N) is 1. The maximum absolute atomic E-state index is 14.1. The Hall–Kier alpha value is -3.56. The average molecular weight is 600 g/mol. The molecule has 0 aliphatic rings. The topological polar surface area (TPSA) is 96.0 Å². The van der Waals surface area contributed by atoms with Crippen LogP contribution in [0.1, 0.15) is 44.7 Å². The highest BCUT2D eigenvalue weighted by Gasteiger charge is 2.34. The smallest absolute Gasteiger partial charge is 0.264 e. The lowest BCUT2D eigenvalue weighted by molar-refractivity contribution is -0.140. The van der Waals surface area contributed by atoms with Gasteiger partial charge in [0.05, 0.1) is 17.7 Å². The fraction of sp³-hybridized carbons (Fsp3) is 0.355. The Morgan fingerprint density at radius 3 is 2.20 bits per heavy atom. The summed E-state index contributed by atoms with van der Waals surface area (Å²) in [5.74, 6) is -0.161. The summed E-state index contributed by atoms with van der Waals surface area (Å²) in [4.78, 5) is 29.0. The Morgan fingerprint density at radius 1 is 0.976 bits per heavy atom. The van der Waals surface area contributed by atoms with Crippen LogP contribution >= 0.6 is 11.6 Å². The molecule has 41 heavy (non-hydrogen) atoms. The van der Waals surface area contributed by atoms with Gasteiger partial charge < -0.3 is 15.0 Å². The van der Waals surface area contributed by atoms with E-state index in [1.54, 1.807) is 49.6 Å². The molecule has 0 spiro atoms. The summed E-state index contributed by atoms with van der Waals surface area (Å²) in [6, 6.07) is 19.1. The number of rotatable bonds is 13. The third-order valence-corrected chi connectivity index (χ3v) is 8.91. The lowest BCUT2D eigenvalue weighted by Gasteiger charge is -2.33. The Morgan fingerprint density at radius 2 is 1.63 bits per heavy atom. The molecule has 10 heteroatoms. The predicted molar refractivity (Wildman–Crippen MR) is 163 cm³/mol. The van der Waals surface area contributed by atoms with E-state index in [0.717, 1.165) is 21.9 Å². The normalized spacial score (nSPS) is 12.7. The van der Waals surface area contributed by atoms with Crippen LogP contribution in [0.15, 0.2) is 77.7 Å². The van der Waals surface area contributed by atoms with Crippen LogP contribution in [0.25, 0.3) is 0 Å². The first-order valence-electron chi connectivity index (χ1n) is 13.6. The molecular weight excluding hydrogens is 562 g/mol. The summed E-state index contributed by atoms with van der Waals surface area (Å²) < 4.78 is 34.1. The number of hydrogen-bond donors (Lipinski definition) is 1.